The van der Waals surface area contributed by atoms with E-state index in [4.69, 9.17) is 10.8 Å². The van der Waals surface area contributed by atoms with Gasteiger partial charge < -0.3 is 16.2 Å². The van der Waals surface area contributed by atoms with Crippen molar-refractivity contribution in [3.8, 4) is 0 Å². The second-order valence-corrected chi connectivity index (χ2v) is 2.96. The number of nitrogens with one attached hydrogen (secondary N) is 2. The van der Waals surface area contributed by atoms with Crippen LogP contribution in [0.4, 0.5) is 4.79 Å². The van der Waals surface area contributed by atoms with E-state index < -0.39 is 18.0 Å². The minimum atomic E-state index is -0.848. The van der Waals surface area contributed by atoms with Crippen LogP contribution in [0.15, 0.2) is 0 Å². The molecule has 0 aromatic carbocycles. The molecular formula is C8H17N3O3. The van der Waals surface area contributed by atoms with Gasteiger partial charge in [0.25, 0.3) is 0 Å². The van der Waals surface area contributed by atoms with Gasteiger partial charge in [-0.1, -0.05) is 0 Å². The first kappa shape index (κ1) is 12.9. The van der Waals surface area contributed by atoms with E-state index in [1.54, 1.807) is 6.92 Å². The lowest BCUT2D eigenvalue weighted by molar-refractivity contribution is -0.121. The molecule has 0 rings (SSSR count). The summed E-state index contributed by atoms with van der Waals surface area (Å²) >= 11 is 0. The zero-order valence-electron chi connectivity index (χ0n) is 8.25. The van der Waals surface area contributed by atoms with Crippen LogP contribution in [0.25, 0.3) is 0 Å². The van der Waals surface area contributed by atoms with Crippen molar-refractivity contribution in [1.82, 2.24) is 10.6 Å². The zero-order valence-corrected chi connectivity index (χ0v) is 8.25. The van der Waals surface area contributed by atoms with Gasteiger partial charge >= 0.3 is 6.03 Å². The predicted octanol–water partition coefficient (Wildman–Crippen LogP) is -1.07. The topological polar surface area (TPSA) is 104 Å². The van der Waals surface area contributed by atoms with E-state index in [2.05, 4.69) is 5.32 Å². The highest BCUT2D eigenvalue weighted by Crippen LogP contribution is 1.87. The van der Waals surface area contributed by atoms with Crippen LogP contribution in [0.1, 0.15) is 19.8 Å². The molecule has 0 aliphatic heterocycles. The average molecular weight is 203 g/mol. The Kier molecular flexibility index (Phi) is 6.69. The Balaban J connectivity index is 3.57. The monoisotopic (exact) mass is 203 g/mol. The number of primary amides is 1. The van der Waals surface area contributed by atoms with Crippen molar-refractivity contribution in [3.63, 3.8) is 0 Å². The van der Waals surface area contributed by atoms with Gasteiger partial charge in [0, 0.05) is 6.61 Å². The molecule has 0 bridgehead atoms. The average Bonchev–Trinajstić information content (AvgIpc) is 2.11. The minimum absolute atomic E-state index is 0.142. The number of urea groups is 1. The normalized spacial score (nSPS) is 12.1. The maximum absolute atomic E-state index is 11.1. The van der Waals surface area contributed by atoms with Crippen LogP contribution < -0.4 is 16.4 Å². The van der Waals surface area contributed by atoms with Gasteiger partial charge in [0.2, 0.25) is 5.91 Å². The van der Waals surface area contributed by atoms with Crippen molar-refractivity contribution in [2.24, 2.45) is 5.73 Å². The van der Waals surface area contributed by atoms with E-state index in [1.807, 2.05) is 5.32 Å². The van der Waals surface area contributed by atoms with Crippen molar-refractivity contribution in [3.05, 3.63) is 0 Å². The van der Waals surface area contributed by atoms with Crippen molar-refractivity contribution >= 4 is 11.9 Å². The van der Waals surface area contributed by atoms with Crippen LogP contribution in [0.2, 0.25) is 0 Å². The highest BCUT2D eigenvalue weighted by atomic mass is 16.3. The fraction of sp³-hybridized carbons (Fsp3) is 0.750. The molecule has 6 nitrogen and oxygen atoms in total. The highest BCUT2D eigenvalue weighted by Gasteiger charge is 2.12. The molecule has 0 radical (unpaired) electrons. The molecule has 1 atom stereocenters. The van der Waals surface area contributed by atoms with Crippen molar-refractivity contribution in [2.45, 2.75) is 25.8 Å². The fourth-order valence-corrected chi connectivity index (χ4v) is 0.878. The van der Waals surface area contributed by atoms with Crippen LogP contribution >= 0.6 is 0 Å². The first-order valence-electron chi connectivity index (χ1n) is 4.52. The molecule has 6 heteroatoms. The number of hydrogen-bond donors (Lipinski definition) is 4. The van der Waals surface area contributed by atoms with Gasteiger partial charge in [0.1, 0.15) is 0 Å². The third kappa shape index (κ3) is 6.38. The quantitative estimate of drug-likeness (QED) is 0.413. The number of carbonyl (C=O) groups excluding carboxylic acids is 2. The molecule has 0 fully saturated rings. The van der Waals surface area contributed by atoms with E-state index in [1.165, 1.54) is 0 Å². The van der Waals surface area contributed by atoms with E-state index >= 15 is 0 Å². The molecule has 0 aliphatic carbocycles. The Bertz CT molecular complexity index is 196. The fourth-order valence-electron chi connectivity index (χ4n) is 0.878. The van der Waals surface area contributed by atoms with Gasteiger partial charge in [-0.2, -0.15) is 0 Å². The maximum atomic E-state index is 11.1. The molecule has 3 amide bonds. The van der Waals surface area contributed by atoms with Gasteiger partial charge in [-0.25, -0.2) is 4.79 Å². The molecule has 0 aromatic heterocycles. The molecule has 82 valence electrons. The van der Waals surface area contributed by atoms with Crippen molar-refractivity contribution in [1.29, 1.82) is 0 Å². The molecule has 0 saturated heterocycles. The number of aliphatic hydroxyl groups excluding tert-OH is 1. The Morgan fingerprint density at radius 3 is 2.57 bits per heavy atom. The Hall–Kier alpha value is -1.14. The maximum Gasteiger partial charge on any atom is 0.318 e. The van der Waals surface area contributed by atoms with E-state index in [9.17, 15) is 9.59 Å². The summed E-state index contributed by atoms with van der Waals surface area (Å²) in [6.07, 6.45) is 1.47. The summed E-state index contributed by atoms with van der Waals surface area (Å²) in [6.45, 7) is 2.40. The largest absolute Gasteiger partial charge is 0.396 e. The van der Waals surface area contributed by atoms with Gasteiger partial charge in [-0.3, -0.25) is 10.1 Å². The molecule has 1 unspecified atom stereocenters. The molecule has 5 N–H and O–H groups in total. The Labute approximate surface area is 82.9 Å². The SMILES string of the molecule is CC(NCCCCO)C(=O)NC(N)=O. The van der Waals surface area contributed by atoms with E-state index in [-0.39, 0.29) is 6.61 Å². The van der Waals surface area contributed by atoms with Gasteiger partial charge in [-0.05, 0) is 26.3 Å². The van der Waals surface area contributed by atoms with E-state index in [0.717, 1.165) is 6.42 Å². The smallest absolute Gasteiger partial charge is 0.318 e. The Morgan fingerprint density at radius 1 is 1.43 bits per heavy atom. The lowest BCUT2D eigenvalue weighted by Crippen LogP contribution is -2.46. The predicted molar refractivity (Wildman–Crippen MR) is 51.5 cm³/mol. The van der Waals surface area contributed by atoms with Gasteiger partial charge in [0.05, 0.1) is 6.04 Å². The zero-order chi connectivity index (χ0) is 11.0. The summed E-state index contributed by atoms with van der Waals surface area (Å²) in [6, 6.07) is -1.31. The van der Waals surface area contributed by atoms with Crippen LogP contribution in [0.3, 0.4) is 0 Å². The second-order valence-electron chi connectivity index (χ2n) is 2.96. The first-order chi connectivity index (χ1) is 6.57. The summed E-state index contributed by atoms with van der Waals surface area (Å²) in [7, 11) is 0. The summed E-state index contributed by atoms with van der Waals surface area (Å²) in [5, 5.41) is 13.4. The van der Waals surface area contributed by atoms with Crippen molar-refractivity contribution < 1.29 is 14.7 Å². The van der Waals surface area contributed by atoms with E-state index in [0.29, 0.717) is 13.0 Å². The molecule has 0 spiro atoms. The summed E-state index contributed by atoms with van der Waals surface area (Å²) < 4.78 is 0. The molecular weight excluding hydrogens is 186 g/mol. The molecule has 14 heavy (non-hydrogen) atoms. The minimum Gasteiger partial charge on any atom is -0.396 e. The van der Waals surface area contributed by atoms with Gasteiger partial charge in [0.15, 0.2) is 0 Å². The number of amides is 3. The number of carbonyl (C=O) groups is 2. The highest BCUT2D eigenvalue weighted by molar-refractivity contribution is 5.96. The summed E-state index contributed by atoms with van der Waals surface area (Å²) in [5.41, 5.74) is 4.78. The van der Waals surface area contributed by atoms with Crippen LogP contribution in [-0.4, -0.2) is 36.2 Å². The molecule has 0 aliphatic rings. The summed E-state index contributed by atoms with van der Waals surface area (Å²) in [4.78, 5) is 21.4. The Morgan fingerprint density at radius 2 is 2.07 bits per heavy atom. The lowest BCUT2D eigenvalue weighted by atomic mass is 10.2. The molecule has 0 saturated carbocycles. The number of rotatable bonds is 6. The second kappa shape index (κ2) is 7.28. The number of unbranched alkanes of at least 4 members (excludes halogenated alkanes) is 1. The van der Waals surface area contributed by atoms with Crippen LogP contribution in [0.5, 0.6) is 0 Å². The molecule has 0 heterocycles. The number of hydrogen-bond acceptors (Lipinski definition) is 4. The number of nitrogens with two attached hydrogens (primary N) is 1. The van der Waals surface area contributed by atoms with Crippen LogP contribution in [-0.2, 0) is 4.79 Å². The van der Waals surface area contributed by atoms with Crippen molar-refractivity contribution in [2.75, 3.05) is 13.2 Å². The van der Waals surface area contributed by atoms with Crippen LogP contribution in [0, 0.1) is 0 Å². The standard InChI is InChI=1S/C8H17N3O3/c1-6(7(13)11-8(9)14)10-4-2-3-5-12/h6,10,12H,2-5H2,1H3,(H3,9,11,13,14). The first-order valence-corrected chi connectivity index (χ1v) is 4.52. The molecule has 0 aromatic rings. The number of aliphatic hydroxyl groups is 1. The third-order valence-electron chi connectivity index (χ3n) is 1.68. The number of imide groups is 1. The third-order valence-corrected chi connectivity index (χ3v) is 1.68. The lowest BCUT2D eigenvalue weighted by Gasteiger charge is -2.11. The summed E-state index contributed by atoms with van der Waals surface area (Å²) in [5.74, 6) is -0.443. The van der Waals surface area contributed by atoms with Gasteiger partial charge in [-0.15, -0.1) is 0 Å².